The molecule has 0 atom stereocenters. The molecule has 224 valence electrons. The molecule has 5 rings (SSSR count). The average molecular weight is 593 g/mol. The molecule has 0 saturated heterocycles. The van der Waals surface area contributed by atoms with Crippen LogP contribution in [0.1, 0.15) is 85.9 Å². The summed E-state index contributed by atoms with van der Waals surface area (Å²) in [6, 6.07) is 21.8. The van der Waals surface area contributed by atoms with Crippen molar-refractivity contribution in [2.24, 2.45) is 0 Å². The van der Waals surface area contributed by atoms with E-state index in [0.717, 1.165) is 44.5 Å². The van der Waals surface area contributed by atoms with Crippen LogP contribution < -0.4 is 0 Å². The van der Waals surface area contributed by atoms with E-state index in [-0.39, 0.29) is 22.3 Å². The summed E-state index contributed by atoms with van der Waals surface area (Å²) >= 11 is 0. The molecule has 44 heavy (non-hydrogen) atoms. The van der Waals surface area contributed by atoms with Gasteiger partial charge in [0.25, 0.3) is 0 Å². The molecule has 8 nitrogen and oxygen atoms in total. The van der Waals surface area contributed by atoms with Crippen LogP contribution in [0.3, 0.4) is 0 Å². The fourth-order valence-corrected chi connectivity index (χ4v) is 6.19. The van der Waals surface area contributed by atoms with Crippen molar-refractivity contribution in [3.05, 3.63) is 140 Å². The Morgan fingerprint density at radius 1 is 0.341 bits per heavy atom. The molecule has 0 radical (unpaired) electrons. The third-order valence-electron chi connectivity index (χ3n) is 8.49. The van der Waals surface area contributed by atoms with Gasteiger partial charge in [0.05, 0.1) is 22.3 Å². The highest BCUT2D eigenvalue weighted by atomic mass is 16.4. The van der Waals surface area contributed by atoms with E-state index in [2.05, 4.69) is 0 Å². The molecule has 0 saturated carbocycles. The molecule has 0 unspecified atom stereocenters. The van der Waals surface area contributed by atoms with E-state index in [0.29, 0.717) is 51.4 Å². The van der Waals surface area contributed by atoms with E-state index in [4.69, 9.17) is 0 Å². The van der Waals surface area contributed by atoms with Crippen LogP contribution in [0.5, 0.6) is 0 Å². The zero-order valence-electron chi connectivity index (χ0n) is 24.0. The van der Waals surface area contributed by atoms with Crippen molar-refractivity contribution in [2.45, 2.75) is 51.4 Å². The van der Waals surface area contributed by atoms with Gasteiger partial charge >= 0.3 is 23.9 Å². The fourth-order valence-electron chi connectivity index (χ4n) is 6.19. The van der Waals surface area contributed by atoms with Crippen LogP contribution >= 0.6 is 0 Å². The predicted molar refractivity (Wildman–Crippen MR) is 163 cm³/mol. The maximum Gasteiger partial charge on any atom is 0.336 e. The maximum absolute atomic E-state index is 12.0. The van der Waals surface area contributed by atoms with Crippen molar-refractivity contribution in [3.8, 4) is 0 Å². The number of carbonyl (C=O) groups is 4. The monoisotopic (exact) mass is 592 g/mol. The number of fused-ring (bicyclic) bond motifs is 4. The Hall–Kier alpha value is -5.24. The number of aromatic carboxylic acids is 4. The van der Waals surface area contributed by atoms with Gasteiger partial charge in [0.15, 0.2) is 0 Å². The van der Waals surface area contributed by atoms with E-state index in [1.165, 1.54) is 24.3 Å². The third-order valence-corrected chi connectivity index (χ3v) is 8.49. The Kier molecular flexibility index (Phi) is 8.90. The van der Waals surface area contributed by atoms with Gasteiger partial charge < -0.3 is 20.4 Å². The van der Waals surface area contributed by atoms with Crippen LogP contribution in [0, 0.1) is 0 Å². The number of carboxylic acids is 4. The lowest BCUT2D eigenvalue weighted by atomic mass is 9.86. The van der Waals surface area contributed by atoms with Crippen LogP contribution in [-0.2, 0) is 51.4 Å². The highest BCUT2D eigenvalue weighted by Crippen LogP contribution is 2.27. The van der Waals surface area contributed by atoms with E-state index < -0.39 is 23.9 Å². The Labute approximate surface area is 254 Å². The highest BCUT2D eigenvalue weighted by molar-refractivity contribution is 6.02. The van der Waals surface area contributed by atoms with E-state index >= 15 is 0 Å². The lowest BCUT2D eigenvalue weighted by Crippen LogP contribution is -2.13. The molecule has 4 aromatic carbocycles. The van der Waals surface area contributed by atoms with Gasteiger partial charge in [-0.25, -0.2) is 19.2 Å². The van der Waals surface area contributed by atoms with Gasteiger partial charge in [0.2, 0.25) is 0 Å². The molecule has 0 amide bonds. The van der Waals surface area contributed by atoms with Gasteiger partial charge in [0, 0.05) is 0 Å². The third kappa shape index (κ3) is 6.54. The van der Waals surface area contributed by atoms with E-state index in [1.807, 2.05) is 48.5 Å². The first-order valence-electron chi connectivity index (χ1n) is 14.5. The van der Waals surface area contributed by atoms with Crippen molar-refractivity contribution < 1.29 is 39.6 Å². The van der Waals surface area contributed by atoms with Crippen LogP contribution in [-0.4, -0.2) is 44.3 Å². The zero-order chi connectivity index (χ0) is 31.4. The largest absolute Gasteiger partial charge is 0.478 e. The van der Waals surface area contributed by atoms with Crippen molar-refractivity contribution in [2.75, 3.05) is 0 Å². The lowest BCUT2D eigenvalue weighted by Gasteiger charge is -2.18. The summed E-state index contributed by atoms with van der Waals surface area (Å²) in [5.41, 5.74) is 6.47. The molecule has 4 N–H and O–H groups in total. The number of aryl methyl sites for hydroxylation is 8. The molecular weight excluding hydrogens is 560 g/mol. The van der Waals surface area contributed by atoms with Crippen molar-refractivity contribution in [1.82, 2.24) is 0 Å². The number of carboxylic acid groups (broad SMARTS) is 4. The summed E-state index contributed by atoms with van der Waals surface area (Å²) in [4.78, 5) is 48.0. The first kappa shape index (κ1) is 30.2. The van der Waals surface area contributed by atoms with Crippen LogP contribution in [0.2, 0.25) is 0 Å². The topological polar surface area (TPSA) is 149 Å². The Morgan fingerprint density at radius 3 is 0.705 bits per heavy atom. The summed E-state index contributed by atoms with van der Waals surface area (Å²) in [5.74, 6) is -5.14. The SMILES string of the molecule is O=C(O)c1cc2c(cc1C(=O)O)CCc1ccccc1CCc1cc(C(=O)O)c(C(=O)O)cc1CCc1ccccc1CC2. The van der Waals surface area contributed by atoms with Crippen molar-refractivity contribution >= 4 is 23.9 Å². The molecule has 0 aliphatic heterocycles. The minimum atomic E-state index is -1.28. The predicted octanol–water partition coefficient (Wildman–Crippen LogP) is 5.93. The number of benzene rings is 4. The van der Waals surface area contributed by atoms with E-state index in [1.54, 1.807) is 0 Å². The zero-order valence-corrected chi connectivity index (χ0v) is 24.0. The smallest absolute Gasteiger partial charge is 0.336 e. The lowest BCUT2D eigenvalue weighted by molar-refractivity contribution is 0.0651. The highest BCUT2D eigenvalue weighted by Gasteiger charge is 2.22. The molecule has 0 bridgehead atoms. The minimum absolute atomic E-state index is 0.231. The average Bonchev–Trinajstić information content (AvgIpc) is 3.00. The number of rotatable bonds is 4. The molecule has 8 heteroatoms. The van der Waals surface area contributed by atoms with Crippen LogP contribution in [0.25, 0.3) is 0 Å². The summed E-state index contributed by atoms with van der Waals surface area (Å²) < 4.78 is 0. The molecule has 1 aliphatic carbocycles. The second kappa shape index (κ2) is 13.0. The quantitative estimate of drug-likeness (QED) is 0.228. The normalized spacial score (nSPS) is 13.5. The molecule has 1 aliphatic rings. The second-order valence-corrected chi connectivity index (χ2v) is 11.1. The number of hydrogen-bond acceptors (Lipinski definition) is 4. The van der Waals surface area contributed by atoms with Gasteiger partial charge in [-0.2, -0.15) is 0 Å². The van der Waals surface area contributed by atoms with Crippen LogP contribution in [0.15, 0.2) is 72.8 Å². The molecule has 0 heterocycles. The first-order valence-corrected chi connectivity index (χ1v) is 14.5. The Balaban J connectivity index is 1.62. The second-order valence-electron chi connectivity index (χ2n) is 11.1. The summed E-state index contributed by atoms with van der Waals surface area (Å²) in [5, 5.41) is 39.2. The summed E-state index contributed by atoms with van der Waals surface area (Å²) in [6.07, 6.45) is 4.41. The first-order chi connectivity index (χ1) is 21.1. The molecule has 4 aromatic rings. The van der Waals surface area contributed by atoms with Gasteiger partial charge in [0.1, 0.15) is 0 Å². The van der Waals surface area contributed by atoms with Gasteiger partial charge in [-0.3, -0.25) is 0 Å². The Bertz CT molecular complexity index is 1530. The van der Waals surface area contributed by atoms with Crippen LogP contribution in [0.4, 0.5) is 0 Å². The van der Waals surface area contributed by atoms with Crippen molar-refractivity contribution in [1.29, 1.82) is 0 Å². The van der Waals surface area contributed by atoms with E-state index in [9.17, 15) is 39.6 Å². The molecular formula is C36H32O8. The molecule has 0 aromatic heterocycles. The minimum Gasteiger partial charge on any atom is -0.478 e. The van der Waals surface area contributed by atoms with Crippen molar-refractivity contribution in [3.63, 3.8) is 0 Å². The Morgan fingerprint density at radius 2 is 0.523 bits per heavy atom. The van der Waals surface area contributed by atoms with Gasteiger partial charge in [-0.05, 0) is 120 Å². The molecule has 0 fully saturated rings. The van der Waals surface area contributed by atoms with Gasteiger partial charge in [-0.1, -0.05) is 48.5 Å². The summed E-state index contributed by atoms with van der Waals surface area (Å²) in [6.45, 7) is 0. The standard InChI is InChI=1S/C36H32O8/c37-33(38)29-17-25-13-9-21-5-1-2-6-22(21)10-14-26-18-30(34(39)40)32(36(43)44)20-28(26)16-12-24-8-4-3-7-23(24)11-15-27(25)19-31(29)35(41)42/h1-8,17-20H,9-16H2,(H,37,38)(H,39,40)(H,41,42)(H,43,44). The maximum atomic E-state index is 12.0. The van der Waals surface area contributed by atoms with Gasteiger partial charge in [-0.15, -0.1) is 0 Å². The number of hydrogen-bond donors (Lipinski definition) is 4. The fraction of sp³-hybridized carbons (Fsp3) is 0.222. The molecule has 0 spiro atoms. The summed E-state index contributed by atoms with van der Waals surface area (Å²) in [7, 11) is 0.